The predicted molar refractivity (Wildman–Crippen MR) is 95.2 cm³/mol. The second kappa shape index (κ2) is 8.33. The maximum absolute atomic E-state index is 12.2. The molecule has 0 unspecified atom stereocenters. The van der Waals surface area contributed by atoms with Gasteiger partial charge in [0, 0.05) is 11.3 Å². The molecule has 11 heteroatoms. The van der Waals surface area contributed by atoms with Gasteiger partial charge in [0.15, 0.2) is 5.60 Å². The van der Waals surface area contributed by atoms with Gasteiger partial charge in [0.25, 0.3) is 0 Å². The summed E-state index contributed by atoms with van der Waals surface area (Å²) in [6.45, 7) is -0.412. The molecule has 1 atom stereocenters. The second-order valence-corrected chi connectivity index (χ2v) is 6.06. The molecule has 2 amide bonds. The summed E-state index contributed by atoms with van der Waals surface area (Å²) in [5.74, 6) is -2.54. The van der Waals surface area contributed by atoms with Crippen molar-refractivity contribution >= 4 is 17.5 Å². The van der Waals surface area contributed by atoms with Gasteiger partial charge in [-0.25, -0.2) is 0 Å². The van der Waals surface area contributed by atoms with Crippen molar-refractivity contribution in [2.45, 2.75) is 12.0 Å². The number of ether oxygens (including phenoxy) is 1. The molecule has 2 heterocycles. The van der Waals surface area contributed by atoms with E-state index in [4.69, 9.17) is 8.83 Å². The minimum atomic E-state index is -4.84. The number of hydrogen-bond acceptors (Lipinski definition) is 6. The van der Waals surface area contributed by atoms with Crippen molar-refractivity contribution in [1.29, 1.82) is 0 Å². The lowest BCUT2D eigenvalue weighted by molar-refractivity contribution is -0.274. The Morgan fingerprint density at radius 2 is 1.77 bits per heavy atom. The second-order valence-electron chi connectivity index (χ2n) is 6.06. The molecule has 0 saturated carbocycles. The quantitative estimate of drug-likeness (QED) is 0.525. The zero-order chi connectivity index (χ0) is 21.8. The molecule has 3 aromatic rings. The van der Waals surface area contributed by atoms with Gasteiger partial charge in [0.1, 0.15) is 11.5 Å². The van der Waals surface area contributed by atoms with Crippen molar-refractivity contribution in [2.24, 2.45) is 0 Å². The third-order valence-corrected chi connectivity index (χ3v) is 3.98. The SMILES string of the molecule is O=C(NC[C@](O)(c1ccoc1)c1ccco1)C(=O)Nc1ccc(OC(F)(F)F)cc1. The van der Waals surface area contributed by atoms with Gasteiger partial charge in [0.05, 0.1) is 25.3 Å². The first-order valence-electron chi connectivity index (χ1n) is 8.41. The maximum Gasteiger partial charge on any atom is 0.573 e. The normalized spacial score (nSPS) is 13.3. The van der Waals surface area contributed by atoms with Gasteiger partial charge in [0.2, 0.25) is 0 Å². The lowest BCUT2D eigenvalue weighted by atomic mass is 9.93. The molecule has 0 aliphatic carbocycles. The summed E-state index contributed by atoms with van der Waals surface area (Å²) in [6.07, 6.45) is -0.922. The summed E-state index contributed by atoms with van der Waals surface area (Å²) in [6, 6.07) is 8.74. The van der Waals surface area contributed by atoms with Crippen LogP contribution in [0.2, 0.25) is 0 Å². The topological polar surface area (TPSA) is 114 Å². The highest BCUT2D eigenvalue weighted by Crippen LogP contribution is 2.30. The molecule has 0 radical (unpaired) electrons. The number of amides is 2. The highest BCUT2D eigenvalue weighted by Gasteiger charge is 2.36. The van der Waals surface area contributed by atoms with Crippen LogP contribution in [0.1, 0.15) is 11.3 Å². The van der Waals surface area contributed by atoms with Crippen LogP contribution in [-0.2, 0) is 15.2 Å². The maximum atomic E-state index is 12.2. The van der Waals surface area contributed by atoms with Crippen molar-refractivity contribution in [2.75, 3.05) is 11.9 Å². The number of alkyl halides is 3. The standard InChI is InChI=1S/C19H15F3N2O6/c20-19(21,22)30-14-5-3-13(4-6-14)24-17(26)16(25)23-11-18(27,12-7-9-28-10-12)15-2-1-8-29-15/h1-10,27H,11H2,(H,23,25)(H,24,26)/t18-/m0/s1. The van der Waals surface area contributed by atoms with Crippen LogP contribution in [0.3, 0.4) is 0 Å². The van der Waals surface area contributed by atoms with Crippen molar-refractivity contribution in [3.8, 4) is 5.75 Å². The van der Waals surface area contributed by atoms with Crippen molar-refractivity contribution in [1.82, 2.24) is 5.32 Å². The molecule has 0 spiro atoms. The zero-order valence-corrected chi connectivity index (χ0v) is 15.1. The number of rotatable bonds is 6. The number of furan rings is 2. The Kier molecular flexibility index (Phi) is 5.83. The van der Waals surface area contributed by atoms with Crippen molar-refractivity contribution in [3.63, 3.8) is 0 Å². The Balaban J connectivity index is 1.62. The van der Waals surface area contributed by atoms with E-state index in [1.165, 1.54) is 30.9 Å². The highest BCUT2D eigenvalue weighted by atomic mass is 19.4. The van der Waals surface area contributed by atoms with Gasteiger partial charge in [-0.05, 0) is 42.5 Å². The summed E-state index contributed by atoms with van der Waals surface area (Å²) >= 11 is 0. The first-order chi connectivity index (χ1) is 14.2. The van der Waals surface area contributed by atoms with E-state index < -0.39 is 36.1 Å². The van der Waals surface area contributed by atoms with Gasteiger partial charge in [-0.1, -0.05) is 0 Å². The highest BCUT2D eigenvalue weighted by molar-refractivity contribution is 6.39. The average Bonchev–Trinajstić information content (AvgIpc) is 3.40. The molecule has 0 bridgehead atoms. The zero-order valence-electron chi connectivity index (χ0n) is 15.1. The number of benzene rings is 1. The number of anilines is 1. The summed E-state index contributed by atoms with van der Waals surface area (Å²) in [7, 11) is 0. The molecule has 3 N–H and O–H groups in total. The van der Waals surface area contributed by atoms with Gasteiger partial charge >= 0.3 is 18.2 Å². The minimum Gasteiger partial charge on any atom is -0.472 e. The fraction of sp³-hybridized carbons (Fsp3) is 0.158. The molecular formula is C19H15F3N2O6. The predicted octanol–water partition coefficient (Wildman–Crippen LogP) is 2.76. The lowest BCUT2D eigenvalue weighted by Gasteiger charge is -2.25. The van der Waals surface area contributed by atoms with E-state index in [0.29, 0.717) is 5.56 Å². The third kappa shape index (κ3) is 5.00. The average molecular weight is 424 g/mol. The van der Waals surface area contributed by atoms with Crippen LogP contribution < -0.4 is 15.4 Å². The van der Waals surface area contributed by atoms with Crippen molar-refractivity contribution < 1.29 is 41.4 Å². The summed E-state index contributed by atoms with van der Waals surface area (Å²) < 4.78 is 50.4. The van der Waals surface area contributed by atoms with E-state index in [0.717, 1.165) is 24.3 Å². The summed E-state index contributed by atoms with van der Waals surface area (Å²) in [4.78, 5) is 24.2. The summed E-state index contributed by atoms with van der Waals surface area (Å²) in [5, 5.41) is 15.5. The smallest absolute Gasteiger partial charge is 0.472 e. The van der Waals surface area contributed by atoms with Crippen LogP contribution in [0.25, 0.3) is 0 Å². The number of aliphatic hydroxyl groups is 1. The van der Waals surface area contributed by atoms with Gasteiger partial charge in [-0.2, -0.15) is 0 Å². The van der Waals surface area contributed by atoms with Crippen LogP contribution in [0.4, 0.5) is 18.9 Å². The van der Waals surface area contributed by atoms with Crippen LogP contribution in [-0.4, -0.2) is 29.8 Å². The fourth-order valence-electron chi connectivity index (χ4n) is 2.56. The Morgan fingerprint density at radius 3 is 2.33 bits per heavy atom. The molecule has 0 aliphatic rings. The Bertz CT molecular complexity index is 948. The Labute approximate surface area is 167 Å². The molecule has 2 aromatic heterocycles. The van der Waals surface area contributed by atoms with E-state index in [2.05, 4.69) is 15.4 Å². The minimum absolute atomic E-state index is 0.0702. The number of carbonyl (C=O) groups excluding carboxylic acids is 2. The molecule has 0 aliphatic heterocycles. The van der Waals surface area contributed by atoms with E-state index in [9.17, 15) is 27.9 Å². The van der Waals surface area contributed by atoms with Gasteiger partial charge < -0.3 is 29.3 Å². The van der Waals surface area contributed by atoms with E-state index in [-0.39, 0.29) is 11.4 Å². The molecule has 8 nitrogen and oxygen atoms in total. The number of hydrogen-bond donors (Lipinski definition) is 3. The molecule has 158 valence electrons. The molecule has 0 saturated heterocycles. The molecule has 1 aromatic carbocycles. The number of carbonyl (C=O) groups is 2. The molecular weight excluding hydrogens is 409 g/mol. The van der Waals surface area contributed by atoms with Gasteiger partial charge in [-0.15, -0.1) is 13.2 Å². The lowest BCUT2D eigenvalue weighted by Crippen LogP contribution is -2.45. The van der Waals surface area contributed by atoms with Gasteiger partial charge in [-0.3, -0.25) is 9.59 Å². The number of halogens is 3. The summed E-state index contributed by atoms with van der Waals surface area (Å²) in [5.41, 5.74) is -1.43. The monoisotopic (exact) mass is 424 g/mol. The van der Waals surface area contributed by atoms with Crippen LogP contribution in [0.5, 0.6) is 5.75 Å². The van der Waals surface area contributed by atoms with E-state index in [1.54, 1.807) is 6.07 Å². The molecule has 3 rings (SSSR count). The largest absolute Gasteiger partial charge is 0.573 e. The number of nitrogens with one attached hydrogen (secondary N) is 2. The van der Waals surface area contributed by atoms with Crippen molar-refractivity contribution in [3.05, 3.63) is 72.6 Å². The first kappa shape index (κ1) is 21.0. The third-order valence-electron chi connectivity index (χ3n) is 3.98. The van der Waals surface area contributed by atoms with Crippen LogP contribution in [0, 0.1) is 0 Å². The van der Waals surface area contributed by atoms with Crippen LogP contribution >= 0.6 is 0 Å². The Hall–Kier alpha value is -3.73. The van der Waals surface area contributed by atoms with Crippen LogP contribution in [0.15, 0.2) is 70.1 Å². The van der Waals surface area contributed by atoms with E-state index in [1.807, 2.05) is 0 Å². The molecule has 30 heavy (non-hydrogen) atoms. The first-order valence-corrected chi connectivity index (χ1v) is 8.41. The Morgan fingerprint density at radius 1 is 1.03 bits per heavy atom. The fourth-order valence-corrected chi connectivity index (χ4v) is 2.56. The molecule has 0 fully saturated rings. The van der Waals surface area contributed by atoms with E-state index >= 15 is 0 Å².